The molecule has 9 aromatic carbocycles. The third-order valence-corrected chi connectivity index (χ3v) is 13.1. The van der Waals surface area contributed by atoms with Crippen molar-refractivity contribution in [2.45, 2.75) is 46.5 Å². The molecule has 11 rings (SSSR count). The molecule has 0 aromatic heterocycles. The molecule has 62 heavy (non-hydrogen) atoms. The Hall–Kier alpha value is -7.10. The highest BCUT2D eigenvalue weighted by molar-refractivity contribution is 6.73. The topological polar surface area (TPSA) is 15.3 Å². The lowest BCUT2D eigenvalue weighted by molar-refractivity contribution is 0.590. The van der Waals surface area contributed by atoms with Gasteiger partial charge in [-0.15, -0.1) is 0 Å². The molecule has 3 heteroatoms. The van der Waals surface area contributed by atoms with Crippen molar-refractivity contribution in [1.29, 1.82) is 0 Å². The summed E-state index contributed by atoms with van der Waals surface area (Å²) in [6.45, 7) is 11.3. The van der Waals surface area contributed by atoms with Gasteiger partial charge in [-0.2, -0.15) is 0 Å². The van der Waals surface area contributed by atoms with Crippen molar-refractivity contribution in [2.75, 3.05) is 10.2 Å². The lowest BCUT2D eigenvalue weighted by Gasteiger charge is -2.37. The Bertz CT molecular complexity index is 3210. The van der Waals surface area contributed by atoms with Gasteiger partial charge in [0.2, 0.25) is 0 Å². The first-order valence-electron chi connectivity index (χ1n) is 21.9. The molecule has 0 saturated heterocycles. The van der Waals surface area contributed by atoms with Crippen molar-refractivity contribution in [3.63, 3.8) is 0 Å². The fourth-order valence-corrected chi connectivity index (χ4v) is 9.78. The molecule has 0 amide bonds. The number of rotatable bonds is 6. The number of benzene rings is 9. The number of aryl methyl sites for hydroxylation is 2. The molecule has 297 valence electrons. The summed E-state index contributed by atoms with van der Waals surface area (Å²) in [5.74, 6) is 0. The van der Waals surface area contributed by atoms with Gasteiger partial charge in [0, 0.05) is 34.0 Å². The van der Waals surface area contributed by atoms with Crippen molar-refractivity contribution < 1.29 is 0 Å². The third-order valence-electron chi connectivity index (χ3n) is 13.1. The Morgan fingerprint density at radius 2 is 1.18 bits per heavy atom. The first kappa shape index (κ1) is 37.9. The predicted molar refractivity (Wildman–Crippen MR) is 266 cm³/mol. The molecule has 1 aliphatic carbocycles. The van der Waals surface area contributed by atoms with Gasteiger partial charge >= 0.3 is 0 Å². The van der Waals surface area contributed by atoms with Crippen LogP contribution in [-0.2, 0) is 11.8 Å². The Balaban J connectivity index is 1.18. The number of fused-ring (bicyclic) bond motifs is 6. The van der Waals surface area contributed by atoms with Crippen LogP contribution in [0.2, 0.25) is 0 Å². The summed E-state index contributed by atoms with van der Waals surface area (Å²) in [4.78, 5) is 2.56. The lowest BCUT2D eigenvalue weighted by atomic mass is 9.57. The molecule has 9 aromatic rings. The zero-order chi connectivity index (χ0) is 42.1. The predicted octanol–water partition coefficient (Wildman–Crippen LogP) is 14.5. The van der Waals surface area contributed by atoms with E-state index in [9.17, 15) is 0 Å². The number of anilines is 5. The summed E-state index contributed by atoms with van der Waals surface area (Å²) < 4.78 is 0. The minimum atomic E-state index is 0.0716. The molecule has 1 heterocycles. The van der Waals surface area contributed by atoms with Gasteiger partial charge in [-0.1, -0.05) is 154 Å². The van der Waals surface area contributed by atoms with Crippen LogP contribution in [0.15, 0.2) is 182 Å². The highest BCUT2D eigenvalue weighted by atomic mass is 15.2. The van der Waals surface area contributed by atoms with Crippen molar-refractivity contribution in [3.8, 4) is 44.5 Å². The van der Waals surface area contributed by atoms with Crippen molar-refractivity contribution in [1.82, 2.24) is 0 Å². The lowest BCUT2D eigenvalue weighted by Crippen LogP contribution is -2.41. The van der Waals surface area contributed by atoms with E-state index < -0.39 is 0 Å². The minimum absolute atomic E-state index is 0.0716. The Labute approximate surface area is 366 Å². The summed E-state index contributed by atoms with van der Waals surface area (Å²) in [5, 5.41) is 6.34. The van der Waals surface area contributed by atoms with Gasteiger partial charge in [-0.3, -0.25) is 0 Å². The largest absolute Gasteiger partial charge is 0.355 e. The van der Waals surface area contributed by atoms with Gasteiger partial charge in [0.25, 0.3) is 0 Å². The number of hydrogen-bond acceptors (Lipinski definition) is 2. The van der Waals surface area contributed by atoms with Gasteiger partial charge < -0.3 is 10.2 Å². The Morgan fingerprint density at radius 3 is 1.94 bits per heavy atom. The number of nitrogens with zero attached hydrogens (tertiary/aromatic N) is 1. The van der Waals surface area contributed by atoms with Crippen LogP contribution in [0.3, 0.4) is 0 Å². The van der Waals surface area contributed by atoms with E-state index in [-0.39, 0.29) is 5.41 Å². The Kier molecular flexibility index (Phi) is 9.05. The van der Waals surface area contributed by atoms with Gasteiger partial charge in [-0.05, 0) is 163 Å². The quantitative estimate of drug-likeness (QED) is 0.169. The molecule has 0 spiro atoms. The zero-order valence-corrected chi connectivity index (χ0v) is 36.1. The van der Waals surface area contributed by atoms with Crippen LogP contribution in [0.5, 0.6) is 0 Å². The van der Waals surface area contributed by atoms with Crippen LogP contribution >= 0.6 is 0 Å². The van der Waals surface area contributed by atoms with E-state index in [0.29, 0.717) is 0 Å². The molecule has 1 aliphatic heterocycles. The smallest absolute Gasteiger partial charge is 0.197 e. The van der Waals surface area contributed by atoms with E-state index in [4.69, 9.17) is 0 Å². The van der Waals surface area contributed by atoms with E-state index in [1.165, 1.54) is 106 Å². The summed E-state index contributed by atoms with van der Waals surface area (Å²) >= 11 is 0. The van der Waals surface area contributed by atoms with Crippen LogP contribution in [0, 0.1) is 13.8 Å². The molecular weight excluding hydrogens is 747 g/mol. The van der Waals surface area contributed by atoms with E-state index in [0.717, 1.165) is 23.4 Å². The average Bonchev–Trinajstić information content (AvgIpc) is 3.65. The second-order valence-electron chi connectivity index (χ2n) is 18.2. The second-order valence-corrected chi connectivity index (χ2v) is 18.2. The van der Waals surface area contributed by atoms with Crippen molar-refractivity contribution in [2.24, 2.45) is 0 Å². The first-order valence-corrected chi connectivity index (χ1v) is 21.9. The van der Waals surface area contributed by atoms with Crippen LogP contribution in [0.1, 0.15) is 48.6 Å². The summed E-state index contributed by atoms with van der Waals surface area (Å²) in [7, 11) is 2.46. The van der Waals surface area contributed by atoms with Crippen molar-refractivity contribution >= 4 is 57.4 Å². The summed E-state index contributed by atoms with van der Waals surface area (Å²) in [5.41, 5.74) is 24.7. The molecule has 0 saturated carbocycles. The molecule has 0 fully saturated rings. The monoisotopic (exact) mass is 795 g/mol. The number of hydrogen-bond donors (Lipinski definition) is 1. The molecular formula is C59H48BN2. The highest BCUT2D eigenvalue weighted by Crippen LogP contribution is 2.46. The van der Waals surface area contributed by atoms with Gasteiger partial charge in [-0.25, -0.2) is 0 Å². The fraction of sp³-hybridized carbons (Fsp3) is 0.119. The second kappa shape index (κ2) is 14.8. The van der Waals surface area contributed by atoms with Crippen LogP contribution < -0.4 is 21.1 Å². The normalized spacial score (nSPS) is 12.6. The standard InChI is InChI=1S/C59H48BN2/c1-37-15-9-13-21-48(37)45-32-52(51-31-40-18-10-11-19-41(40)33-54(51)61-47-26-24-46(25-27-47)59(3,4)5)58-57(35-45)62(55-28-23-42(29-38(55)2)39-16-7-6-8-17-39)56-34-44-30-43-20-12-14-22-49(43)50(44)36-53(56)60-58/h6-29,31-36,61H,30H2,1-5H3. The number of nitrogens with one attached hydrogen (secondary N) is 1. The van der Waals surface area contributed by atoms with E-state index in [1.807, 2.05) is 0 Å². The molecule has 1 N–H and O–H groups in total. The molecule has 2 aliphatic rings. The molecule has 1 radical (unpaired) electrons. The van der Waals surface area contributed by atoms with Crippen LogP contribution in [-0.4, -0.2) is 7.28 Å². The maximum atomic E-state index is 3.93. The molecule has 0 unspecified atom stereocenters. The summed E-state index contributed by atoms with van der Waals surface area (Å²) in [6, 6.07) is 67.7. The highest BCUT2D eigenvalue weighted by Gasteiger charge is 2.32. The van der Waals surface area contributed by atoms with Gasteiger partial charge in [0.1, 0.15) is 0 Å². The Morgan fingerprint density at radius 1 is 0.468 bits per heavy atom. The van der Waals surface area contributed by atoms with E-state index in [1.54, 1.807) is 0 Å². The van der Waals surface area contributed by atoms with E-state index in [2.05, 4.69) is 234 Å². The van der Waals surface area contributed by atoms with Gasteiger partial charge in [0.05, 0.1) is 0 Å². The van der Waals surface area contributed by atoms with Crippen LogP contribution in [0.25, 0.3) is 55.3 Å². The maximum absolute atomic E-state index is 3.93. The molecule has 2 nitrogen and oxygen atoms in total. The van der Waals surface area contributed by atoms with Gasteiger partial charge in [0.15, 0.2) is 7.28 Å². The molecule has 0 bridgehead atoms. The third kappa shape index (κ3) is 6.60. The maximum Gasteiger partial charge on any atom is 0.197 e. The minimum Gasteiger partial charge on any atom is -0.355 e. The zero-order valence-electron chi connectivity index (χ0n) is 36.1. The SMILES string of the molecule is Cc1ccccc1-c1cc(-c2cc3ccccc3cc2Nc2ccc(C(C)(C)C)cc2)c2c(c1)N(c1ccc(-c3ccccc3)cc1C)c1cc3c(cc1[B]2)-c1ccccc1C3. The molecule has 0 atom stereocenters. The fourth-order valence-electron chi connectivity index (χ4n) is 9.78. The first-order chi connectivity index (χ1) is 30.2. The van der Waals surface area contributed by atoms with Crippen molar-refractivity contribution in [3.05, 3.63) is 210 Å². The van der Waals surface area contributed by atoms with Crippen LogP contribution in [0.4, 0.5) is 28.4 Å². The van der Waals surface area contributed by atoms with E-state index >= 15 is 0 Å². The summed E-state index contributed by atoms with van der Waals surface area (Å²) in [6.07, 6.45) is 0.933. The average molecular weight is 796 g/mol.